The zero-order valence-corrected chi connectivity index (χ0v) is 4.05. The molecule has 0 saturated heterocycles. The summed E-state index contributed by atoms with van der Waals surface area (Å²) in [5.41, 5.74) is 0. The molecule has 7 heavy (non-hydrogen) atoms. The topological polar surface area (TPSA) is 29.3 Å². The van der Waals surface area contributed by atoms with Gasteiger partial charge in [-0.25, -0.2) is 0 Å². The van der Waals surface area contributed by atoms with Crippen molar-refractivity contribution in [3.63, 3.8) is 0 Å². The lowest BCUT2D eigenvalue weighted by Gasteiger charge is -1.77. The summed E-state index contributed by atoms with van der Waals surface area (Å²) in [6, 6.07) is 0. The molecule has 3 heteroatoms. The summed E-state index contributed by atoms with van der Waals surface area (Å²) < 4.78 is 5.91. The molecule has 0 spiro atoms. The molecule has 1 aliphatic rings. The van der Waals surface area contributed by atoms with Crippen LogP contribution in [0.15, 0.2) is 0 Å². The highest BCUT2D eigenvalue weighted by molar-refractivity contribution is 5.72. The fourth-order valence-electron chi connectivity index (χ4n) is 0.397. The minimum absolute atomic E-state index is 0.264. The summed E-state index contributed by atoms with van der Waals surface area (Å²) in [5.74, 6) is 0. The normalized spacial score (nSPS) is 19.0. The van der Waals surface area contributed by atoms with E-state index in [9.17, 15) is 4.79 Å². The molecule has 1 heterocycles. The van der Waals surface area contributed by atoms with E-state index in [-0.39, 0.29) is 6.09 Å². The third-order valence-electron chi connectivity index (χ3n) is 0.843. The fraction of sp³-hybridized carbons (Fsp3) is 0.500. The van der Waals surface area contributed by atoms with Gasteiger partial charge in [0.1, 0.15) is 7.05 Å². The van der Waals surface area contributed by atoms with Crippen molar-refractivity contribution in [1.29, 1.82) is 0 Å². The Morgan fingerprint density at radius 2 is 2.71 bits per heavy atom. The van der Waals surface area contributed by atoms with Crippen LogP contribution in [0.3, 0.4) is 0 Å². The van der Waals surface area contributed by atoms with E-state index >= 15 is 0 Å². The molecule has 3 nitrogen and oxygen atoms in total. The predicted molar refractivity (Wildman–Crippen MR) is 23.6 cm³/mol. The van der Waals surface area contributed by atoms with Crippen LogP contribution in [0.4, 0.5) is 4.79 Å². The van der Waals surface area contributed by atoms with E-state index in [4.69, 9.17) is 0 Å². The van der Waals surface area contributed by atoms with E-state index < -0.39 is 0 Å². The molecule has 1 aliphatic heterocycles. The van der Waals surface area contributed by atoms with Crippen molar-refractivity contribution in [1.82, 2.24) is 0 Å². The number of cyclic esters (lactones) is 1. The van der Waals surface area contributed by atoms with Crippen molar-refractivity contribution in [2.75, 3.05) is 13.7 Å². The van der Waals surface area contributed by atoms with Crippen LogP contribution >= 0.6 is 0 Å². The van der Waals surface area contributed by atoms with Crippen molar-refractivity contribution in [2.45, 2.75) is 0 Å². The van der Waals surface area contributed by atoms with Gasteiger partial charge in [-0.1, -0.05) is 0 Å². The van der Waals surface area contributed by atoms with E-state index in [1.54, 1.807) is 13.3 Å². The number of carbonyl (C=O) groups excluding carboxylic acids is 1. The summed E-state index contributed by atoms with van der Waals surface area (Å²) in [6.07, 6.45) is 1.42. The predicted octanol–water partition coefficient (Wildman–Crippen LogP) is -0.150. The molecule has 0 atom stereocenters. The molecule has 0 unspecified atom stereocenters. The third kappa shape index (κ3) is 0.607. The molecule has 0 bridgehead atoms. The first-order chi connectivity index (χ1) is 3.30. The second-order valence-electron chi connectivity index (χ2n) is 1.37. The molecule has 0 radical (unpaired) electrons. The largest absolute Gasteiger partial charge is 0.596 e. The molecule has 0 N–H and O–H groups in total. The summed E-state index contributed by atoms with van der Waals surface area (Å²) in [5, 5.41) is 0. The van der Waals surface area contributed by atoms with Gasteiger partial charge in [0.2, 0.25) is 0 Å². The Hall–Kier alpha value is -0.860. The van der Waals surface area contributed by atoms with Gasteiger partial charge in [-0.2, -0.15) is 4.79 Å². The van der Waals surface area contributed by atoms with Crippen LogP contribution in [0.5, 0.6) is 0 Å². The molecular weight excluding hydrogens is 94.0 g/mol. The van der Waals surface area contributed by atoms with Gasteiger partial charge < -0.3 is 4.74 Å². The van der Waals surface area contributed by atoms with Crippen molar-refractivity contribution in [3.8, 4) is 0 Å². The quantitative estimate of drug-likeness (QED) is 0.396. The van der Waals surface area contributed by atoms with Crippen molar-refractivity contribution < 1.29 is 14.1 Å². The number of ether oxygens (including phenoxy) is 1. The molecule has 0 fully saturated rings. The van der Waals surface area contributed by atoms with Gasteiger partial charge in [0.25, 0.3) is 0 Å². The highest BCUT2D eigenvalue weighted by Gasteiger charge is 2.19. The average Bonchev–Trinajstić information content (AvgIpc) is 1.91. The molecule has 1 rings (SSSR count). The smallest absolute Gasteiger partial charge is 0.401 e. The lowest BCUT2D eigenvalue weighted by atomic mass is 10.8. The van der Waals surface area contributed by atoms with Gasteiger partial charge in [-0.05, 0) is 0 Å². The Morgan fingerprint density at radius 3 is 2.86 bits per heavy atom. The number of carbonyl (C=O) groups is 1. The SMILES string of the molecule is C[N+]1=CCOC1=O. The maximum Gasteiger partial charge on any atom is 0.596 e. The zero-order chi connectivity index (χ0) is 5.28. The minimum Gasteiger partial charge on any atom is -0.401 e. The number of rotatable bonds is 0. The second kappa shape index (κ2) is 1.33. The summed E-state index contributed by atoms with van der Waals surface area (Å²) in [4.78, 5) is 10.2. The van der Waals surface area contributed by atoms with Crippen molar-refractivity contribution in [2.24, 2.45) is 0 Å². The lowest BCUT2D eigenvalue weighted by Crippen LogP contribution is -2.07. The Kier molecular flexibility index (Phi) is 0.817. The van der Waals surface area contributed by atoms with E-state index in [1.165, 1.54) is 4.58 Å². The third-order valence-corrected chi connectivity index (χ3v) is 0.843. The van der Waals surface area contributed by atoms with Gasteiger partial charge in [-0.15, -0.1) is 4.58 Å². The molecule has 0 saturated carbocycles. The molecular formula is C4H6NO2+. The first-order valence-corrected chi connectivity index (χ1v) is 2.03. The Balaban J connectivity index is 2.72. The first kappa shape index (κ1) is 4.30. The Labute approximate surface area is 41.2 Å². The van der Waals surface area contributed by atoms with E-state index in [0.717, 1.165) is 0 Å². The van der Waals surface area contributed by atoms with Crippen LogP contribution in [0.2, 0.25) is 0 Å². The van der Waals surface area contributed by atoms with Crippen molar-refractivity contribution >= 4 is 12.3 Å². The van der Waals surface area contributed by atoms with Gasteiger partial charge in [0.15, 0.2) is 12.8 Å². The molecule has 1 amide bonds. The maximum atomic E-state index is 10.2. The number of hydrogen-bond donors (Lipinski definition) is 0. The Morgan fingerprint density at radius 1 is 2.00 bits per heavy atom. The van der Waals surface area contributed by atoms with Crippen LogP contribution in [-0.2, 0) is 4.74 Å². The highest BCUT2D eigenvalue weighted by atomic mass is 16.6. The van der Waals surface area contributed by atoms with Gasteiger partial charge in [0.05, 0.1) is 0 Å². The van der Waals surface area contributed by atoms with E-state index in [1.807, 2.05) is 0 Å². The number of nitrogens with zero attached hydrogens (tertiary/aromatic N) is 1. The fourth-order valence-corrected chi connectivity index (χ4v) is 0.397. The molecule has 0 aromatic carbocycles. The molecule has 38 valence electrons. The summed E-state index contributed by atoms with van der Waals surface area (Å²) in [7, 11) is 1.66. The highest BCUT2D eigenvalue weighted by Crippen LogP contribution is 1.85. The monoisotopic (exact) mass is 100 g/mol. The van der Waals surface area contributed by atoms with Crippen LogP contribution in [-0.4, -0.2) is 30.5 Å². The zero-order valence-electron chi connectivity index (χ0n) is 4.05. The lowest BCUT2D eigenvalue weighted by molar-refractivity contribution is -0.394. The Bertz CT molecular complexity index is 128. The standard InChI is InChI=1S/C4H6NO2/c1-5-2-3-7-4(5)6/h2H,3H2,1H3/q+1. The van der Waals surface area contributed by atoms with E-state index in [0.29, 0.717) is 6.61 Å². The van der Waals surface area contributed by atoms with Gasteiger partial charge in [-0.3, -0.25) is 0 Å². The first-order valence-electron chi connectivity index (χ1n) is 2.03. The molecule has 0 aliphatic carbocycles. The van der Waals surface area contributed by atoms with Crippen molar-refractivity contribution in [3.05, 3.63) is 0 Å². The average molecular weight is 100 g/mol. The summed E-state index contributed by atoms with van der Waals surface area (Å²) >= 11 is 0. The molecule has 0 aromatic heterocycles. The minimum atomic E-state index is -0.264. The summed E-state index contributed by atoms with van der Waals surface area (Å²) in [6.45, 7) is 0.426. The van der Waals surface area contributed by atoms with Gasteiger partial charge in [0, 0.05) is 0 Å². The van der Waals surface area contributed by atoms with Crippen LogP contribution in [0, 0.1) is 0 Å². The second-order valence-corrected chi connectivity index (χ2v) is 1.37. The van der Waals surface area contributed by atoms with Crippen LogP contribution in [0.25, 0.3) is 0 Å². The van der Waals surface area contributed by atoms with Crippen LogP contribution < -0.4 is 0 Å². The van der Waals surface area contributed by atoms with Crippen LogP contribution in [0.1, 0.15) is 0 Å². The maximum absolute atomic E-state index is 10.2. The molecule has 0 aromatic rings. The van der Waals surface area contributed by atoms with E-state index in [2.05, 4.69) is 4.74 Å². The number of hydrogen-bond acceptors (Lipinski definition) is 2. The van der Waals surface area contributed by atoms with Gasteiger partial charge >= 0.3 is 6.09 Å². The number of amides is 1.